The minimum atomic E-state index is -5.75. The average Bonchev–Trinajstić information content (AvgIpc) is 3.17. The van der Waals surface area contributed by atoms with Gasteiger partial charge in [0.15, 0.2) is 16.7 Å². The highest BCUT2D eigenvalue weighted by atomic mass is 35.5. The first-order valence-electron chi connectivity index (χ1n) is 9.21. The van der Waals surface area contributed by atoms with Gasteiger partial charge in [-0.3, -0.25) is 9.09 Å². The predicted octanol–water partition coefficient (Wildman–Crippen LogP) is 0.399. The van der Waals surface area contributed by atoms with Crippen LogP contribution in [0, 0.1) is 11.8 Å². The summed E-state index contributed by atoms with van der Waals surface area (Å²) in [6, 6.07) is 0. The number of nitrogens with zero attached hydrogens (tertiary/aromatic N) is 4. The van der Waals surface area contributed by atoms with Crippen LogP contribution in [0.25, 0.3) is 11.2 Å². The lowest BCUT2D eigenvalue weighted by Crippen LogP contribution is -2.43. The zero-order valence-corrected chi connectivity index (χ0v) is 21.1. The van der Waals surface area contributed by atoms with E-state index in [1.54, 1.807) is 0 Å². The second-order valence-electron chi connectivity index (χ2n) is 7.03. The SMILES string of the molecule is CC#CC1(Cl)[C@@H](O)[C@@H]([C@@H](C)OP(=O)(O)OP(=O)(O)OP(=O)(O)O)O[C@H]1n1cnc2cnc(N)nc21. The number of hydrogen-bond donors (Lipinski definition) is 6. The molecule has 0 radical (unpaired) electrons. The molecule has 0 aliphatic carbocycles. The second kappa shape index (κ2) is 9.77. The summed E-state index contributed by atoms with van der Waals surface area (Å²) >= 11 is 6.63. The summed E-state index contributed by atoms with van der Waals surface area (Å²) < 4.78 is 53.7. The minimum Gasteiger partial charge on any atom is -0.387 e. The Bertz CT molecular complexity index is 1320. The van der Waals surface area contributed by atoms with Gasteiger partial charge in [0.1, 0.15) is 17.7 Å². The van der Waals surface area contributed by atoms with Crippen molar-refractivity contribution in [2.24, 2.45) is 0 Å². The Hall–Kier alpha value is -1.47. The van der Waals surface area contributed by atoms with E-state index in [1.165, 1.54) is 24.0 Å². The fraction of sp³-hybridized carbons (Fsp3) is 0.500. The molecule has 3 rings (SSSR count). The Kier molecular flexibility index (Phi) is 7.85. The number of anilines is 1. The van der Waals surface area contributed by atoms with Crippen molar-refractivity contribution in [3.05, 3.63) is 12.5 Å². The predicted molar refractivity (Wildman–Crippen MR) is 116 cm³/mol. The lowest BCUT2D eigenvalue weighted by molar-refractivity contribution is -0.0728. The molecule has 0 amide bonds. The number of nitrogens with two attached hydrogens (primary N) is 1. The number of aliphatic hydroxyl groups excluding tert-OH is 1. The standard InChI is InChI=1S/C14H19ClN5O12P3/c1-3-4-14(15)10(21)9(7(2)30-34(25,26)32-35(27,28)31-33(22,23)24)29-12(14)20-6-18-8-5-17-13(16)19-11(8)20/h5-7,9-10,12,21H,1-2H3,(H,25,26)(H,27,28)(H2,16,17,19)(H2,22,23,24)/t7-,9-,10+,12-,14?/m1/s1. The van der Waals surface area contributed by atoms with Gasteiger partial charge in [0.05, 0.1) is 18.6 Å². The number of phosphoric acid groups is 3. The largest absolute Gasteiger partial charge is 0.490 e. The third-order valence-corrected chi connectivity index (χ3v) is 8.90. The van der Waals surface area contributed by atoms with Crippen LogP contribution in [0.15, 0.2) is 12.5 Å². The van der Waals surface area contributed by atoms with Crippen molar-refractivity contribution in [3.8, 4) is 11.8 Å². The highest BCUT2D eigenvalue weighted by Gasteiger charge is 2.58. The molecular formula is C14H19ClN5O12P3. The van der Waals surface area contributed by atoms with Crippen LogP contribution in [0.4, 0.5) is 5.95 Å². The molecule has 2 aromatic rings. The lowest BCUT2D eigenvalue weighted by Gasteiger charge is -2.26. The number of aromatic nitrogens is 4. The van der Waals surface area contributed by atoms with Crippen LogP contribution >= 0.6 is 35.1 Å². The van der Waals surface area contributed by atoms with Gasteiger partial charge in [-0.05, 0) is 13.8 Å². The number of imidazole rings is 1. The summed E-state index contributed by atoms with van der Waals surface area (Å²) in [5.41, 5.74) is 6.09. The summed E-state index contributed by atoms with van der Waals surface area (Å²) in [7, 11) is -16.9. The van der Waals surface area contributed by atoms with Crippen LogP contribution in [0.5, 0.6) is 0 Å². The van der Waals surface area contributed by atoms with Crippen LogP contribution in [0.1, 0.15) is 20.1 Å². The molecule has 1 fully saturated rings. The minimum absolute atomic E-state index is 0.0999. The molecule has 7 N–H and O–H groups in total. The zero-order valence-electron chi connectivity index (χ0n) is 17.6. The van der Waals surface area contributed by atoms with E-state index in [-0.39, 0.29) is 11.6 Å². The molecule has 17 nitrogen and oxygen atoms in total. The summed E-state index contributed by atoms with van der Waals surface area (Å²) in [5.74, 6) is 5.06. The van der Waals surface area contributed by atoms with E-state index < -0.39 is 52.9 Å². The monoisotopic (exact) mass is 577 g/mol. The Morgan fingerprint density at radius 3 is 2.49 bits per heavy atom. The van der Waals surface area contributed by atoms with Crippen molar-refractivity contribution >= 4 is 52.2 Å². The molecule has 0 aromatic carbocycles. The smallest absolute Gasteiger partial charge is 0.387 e. The molecule has 0 bridgehead atoms. The topological polar surface area (TPSA) is 259 Å². The molecule has 1 aliphatic heterocycles. The lowest BCUT2D eigenvalue weighted by atomic mass is 9.96. The van der Waals surface area contributed by atoms with Crippen LogP contribution in [0.2, 0.25) is 0 Å². The van der Waals surface area contributed by atoms with Gasteiger partial charge in [-0.25, -0.2) is 23.7 Å². The number of phosphoric ester groups is 1. The molecule has 35 heavy (non-hydrogen) atoms. The van der Waals surface area contributed by atoms with Crippen molar-refractivity contribution in [1.29, 1.82) is 0 Å². The quantitative estimate of drug-likeness (QED) is 0.141. The van der Waals surface area contributed by atoms with Gasteiger partial charge < -0.3 is 35.2 Å². The fourth-order valence-corrected chi connectivity index (χ4v) is 6.83. The number of halogens is 1. The highest BCUT2D eigenvalue weighted by Crippen LogP contribution is 2.66. The van der Waals surface area contributed by atoms with Crippen molar-refractivity contribution < 1.29 is 56.3 Å². The van der Waals surface area contributed by atoms with Crippen LogP contribution in [-0.2, 0) is 31.6 Å². The summed E-state index contributed by atoms with van der Waals surface area (Å²) in [6.07, 6.45) is -3.48. The van der Waals surface area contributed by atoms with Crippen molar-refractivity contribution in [1.82, 2.24) is 19.5 Å². The van der Waals surface area contributed by atoms with E-state index in [2.05, 4.69) is 35.4 Å². The average molecular weight is 578 g/mol. The Morgan fingerprint density at radius 2 is 1.89 bits per heavy atom. The molecule has 3 unspecified atom stereocenters. The number of fused-ring (bicyclic) bond motifs is 1. The van der Waals surface area contributed by atoms with Gasteiger partial charge in [-0.1, -0.05) is 17.5 Å². The van der Waals surface area contributed by atoms with Crippen LogP contribution in [-0.4, -0.2) is 67.4 Å². The number of aliphatic hydroxyl groups is 1. The van der Waals surface area contributed by atoms with Crippen molar-refractivity contribution in [2.45, 2.75) is 43.3 Å². The summed E-state index contributed by atoms with van der Waals surface area (Å²) in [5, 5.41) is 10.9. The van der Waals surface area contributed by atoms with E-state index in [0.29, 0.717) is 5.52 Å². The maximum Gasteiger partial charge on any atom is 0.490 e. The van der Waals surface area contributed by atoms with E-state index in [1.807, 2.05) is 0 Å². The summed E-state index contributed by atoms with van der Waals surface area (Å²) in [6.45, 7) is 2.56. The van der Waals surface area contributed by atoms with Gasteiger partial charge in [-0.15, -0.1) is 5.92 Å². The van der Waals surface area contributed by atoms with E-state index >= 15 is 0 Å². The maximum atomic E-state index is 12.2. The normalized spacial score (nSPS) is 29.2. The molecule has 3 heterocycles. The first kappa shape index (κ1) is 28.1. The van der Waals surface area contributed by atoms with E-state index in [0.717, 1.165) is 6.92 Å². The number of ether oxygens (including phenoxy) is 1. The van der Waals surface area contributed by atoms with Gasteiger partial charge in [0, 0.05) is 0 Å². The Morgan fingerprint density at radius 1 is 1.23 bits per heavy atom. The third-order valence-electron chi connectivity index (χ3n) is 4.47. The van der Waals surface area contributed by atoms with Crippen LogP contribution in [0.3, 0.4) is 0 Å². The van der Waals surface area contributed by atoms with E-state index in [4.69, 9.17) is 36.4 Å². The molecule has 194 valence electrons. The molecule has 1 aliphatic rings. The number of alkyl halides is 1. The first-order chi connectivity index (χ1) is 16.0. The molecule has 0 saturated carbocycles. The van der Waals surface area contributed by atoms with Crippen LogP contribution < -0.4 is 5.73 Å². The highest BCUT2D eigenvalue weighted by molar-refractivity contribution is 7.66. The number of nitrogen functional groups attached to an aromatic ring is 1. The molecule has 21 heteroatoms. The van der Waals surface area contributed by atoms with Gasteiger partial charge in [-0.2, -0.15) is 13.6 Å². The Balaban J connectivity index is 1.89. The molecule has 1 saturated heterocycles. The third kappa shape index (κ3) is 6.27. The number of rotatable bonds is 8. The summed E-state index contributed by atoms with van der Waals surface area (Å²) in [4.78, 5) is 46.5. The zero-order chi connectivity index (χ0) is 26.4. The second-order valence-corrected chi connectivity index (χ2v) is 12.0. The van der Waals surface area contributed by atoms with E-state index in [9.17, 15) is 28.6 Å². The van der Waals surface area contributed by atoms with Crippen molar-refractivity contribution in [3.63, 3.8) is 0 Å². The molecule has 7 atom stereocenters. The fourth-order valence-electron chi connectivity index (χ4n) is 3.25. The molecule has 0 spiro atoms. The van der Waals surface area contributed by atoms with Gasteiger partial charge in [0.2, 0.25) is 5.95 Å². The van der Waals surface area contributed by atoms with Crippen molar-refractivity contribution in [2.75, 3.05) is 5.73 Å². The Labute approximate surface area is 201 Å². The molecule has 2 aromatic heterocycles. The number of hydrogen-bond acceptors (Lipinski definition) is 12. The maximum absolute atomic E-state index is 12.2. The first-order valence-corrected chi connectivity index (χ1v) is 14.1. The van der Waals surface area contributed by atoms with Gasteiger partial charge in [0.25, 0.3) is 0 Å². The van der Waals surface area contributed by atoms with Gasteiger partial charge >= 0.3 is 23.5 Å². The molecular weight excluding hydrogens is 559 g/mol.